The summed E-state index contributed by atoms with van der Waals surface area (Å²) >= 11 is 0. The summed E-state index contributed by atoms with van der Waals surface area (Å²) in [7, 11) is -1.24. The number of aryl methyl sites for hydroxylation is 1. The third-order valence-corrected chi connectivity index (χ3v) is 6.48. The molecule has 0 saturated heterocycles. The molecule has 0 aromatic heterocycles. The van der Waals surface area contributed by atoms with Crippen LogP contribution < -0.4 is 0 Å². The summed E-state index contributed by atoms with van der Waals surface area (Å²) in [6, 6.07) is 6.44. The number of sulfonamides is 1. The molecule has 1 aliphatic rings. The van der Waals surface area contributed by atoms with Gasteiger partial charge in [-0.25, -0.2) is 13.2 Å². The molecule has 0 spiro atoms. The van der Waals surface area contributed by atoms with E-state index in [1.165, 1.54) is 26.3 Å². The van der Waals surface area contributed by atoms with Crippen LogP contribution in [0.3, 0.4) is 0 Å². The van der Waals surface area contributed by atoms with Crippen LogP contribution in [-0.4, -0.2) is 38.4 Å². The summed E-state index contributed by atoms with van der Waals surface area (Å²) in [6.45, 7) is 3.34. The summed E-state index contributed by atoms with van der Waals surface area (Å²) in [5.74, 6) is -0.551. The van der Waals surface area contributed by atoms with Gasteiger partial charge in [0.25, 0.3) is 0 Å². The van der Waals surface area contributed by atoms with Crippen LogP contribution in [0.4, 0.5) is 0 Å². The normalized spacial score (nSPS) is 17.4. The first kappa shape index (κ1) is 17.4. The number of carbonyl (C=O) groups excluding carboxylic acids is 1. The van der Waals surface area contributed by atoms with Gasteiger partial charge < -0.3 is 4.74 Å². The number of carbonyl (C=O) groups is 1. The number of hydrogen-bond acceptors (Lipinski definition) is 5. The monoisotopic (exact) mass is 336 g/mol. The first-order chi connectivity index (χ1) is 10.7. The molecule has 1 aromatic carbocycles. The highest BCUT2D eigenvalue weighted by molar-refractivity contribution is 7.89. The molecule has 124 valence electrons. The van der Waals surface area contributed by atoms with E-state index >= 15 is 0 Å². The van der Waals surface area contributed by atoms with Crippen LogP contribution in [0.15, 0.2) is 23.1 Å². The Morgan fingerprint density at radius 2 is 2.04 bits per heavy atom. The lowest BCUT2D eigenvalue weighted by Gasteiger charge is -2.32. The van der Waals surface area contributed by atoms with Crippen molar-refractivity contribution in [3.63, 3.8) is 0 Å². The van der Waals surface area contributed by atoms with Gasteiger partial charge in [0.1, 0.15) is 5.54 Å². The summed E-state index contributed by atoms with van der Waals surface area (Å²) in [4.78, 5) is 11.8. The van der Waals surface area contributed by atoms with Crippen LogP contribution >= 0.6 is 0 Å². The Morgan fingerprint density at radius 3 is 2.52 bits per heavy atom. The van der Waals surface area contributed by atoms with Crippen molar-refractivity contribution in [3.8, 4) is 6.07 Å². The molecule has 1 atom stereocenters. The van der Waals surface area contributed by atoms with Crippen LogP contribution in [0.2, 0.25) is 0 Å². The zero-order valence-electron chi connectivity index (χ0n) is 13.7. The van der Waals surface area contributed by atoms with E-state index in [-0.39, 0.29) is 16.4 Å². The second kappa shape index (κ2) is 5.95. The van der Waals surface area contributed by atoms with Crippen molar-refractivity contribution in [1.82, 2.24) is 4.31 Å². The second-order valence-corrected chi connectivity index (χ2v) is 7.94. The molecular formula is C16H20N2O4S. The van der Waals surface area contributed by atoms with E-state index < -0.39 is 21.5 Å². The molecule has 1 fully saturated rings. The summed E-state index contributed by atoms with van der Waals surface area (Å²) < 4.78 is 31.5. The van der Waals surface area contributed by atoms with Gasteiger partial charge in [0.15, 0.2) is 0 Å². The first-order valence-electron chi connectivity index (χ1n) is 7.27. The number of nitriles is 1. The number of rotatable bonds is 5. The Hall–Kier alpha value is -1.91. The number of methoxy groups -OCH3 is 1. The van der Waals surface area contributed by atoms with Gasteiger partial charge >= 0.3 is 5.97 Å². The Bertz CT molecular complexity index is 778. The summed E-state index contributed by atoms with van der Waals surface area (Å²) in [6.07, 6.45) is 1.68. The third kappa shape index (κ3) is 2.96. The van der Waals surface area contributed by atoms with E-state index in [9.17, 15) is 18.5 Å². The summed E-state index contributed by atoms with van der Waals surface area (Å²) in [5.41, 5.74) is -0.259. The predicted molar refractivity (Wildman–Crippen MR) is 84.2 cm³/mol. The van der Waals surface area contributed by atoms with Gasteiger partial charge in [-0.15, -0.1) is 0 Å². The van der Waals surface area contributed by atoms with Crippen molar-refractivity contribution in [1.29, 1.82) is 5.26 Å². The molecular weight excluding hydrogens is 316 g/mol. The van der Waals surface area contributed by atoms with E-state index in [2.05, 4.69) is 10.8 Å². The minimum Gasteiger partial charge on any atom is -0.465 e. The molecule has 0 radical (unpaired) electrons. The largest absolute Gasteiger partial charge is 0.465 e. The smallest absolute Gasteiger partial charge is 0.338 e. The van der Waals surface area contributed by atoms with Gasteiger partial charge in [-0.1, -0.05) is 6.07 Å². The van der Waals surface area contributed by atoms with Crippen LogP contribution in [0.25, 0.3) is 0 Å². The molecule has 0 aliphatic heterocycles. The molecule has 0 bridgehead atoms. The molecule has 1 saturated carbocycles. The van der Waals surface area contributed by atoms with Gasteiger partial charge in [0.05, 0.1) is 23.6 Å². The molecule has 6 nitrogen and oxygen atoms in total. The number of ether oxygens (including phenoxy) is 1. The molecule has 0 heterocycles. The minimum absolute atomic E-state index is 0.0203. The van der Waals surface area contributed by atoms with Crippen LogP contribution in [0.5, 0.6) is 0 Å². The van der Waals surface area contributed by atoms with Gasteiger partial charge in [-0.3, -0.25) is 0 Å². The van der Waals surface area contributed by atoms with Gasteiger partial charge in [0, 0.05) is 7.05 Å². The molecule has 2 rings (SSSR count). The minimum atomic E-state index is -3.89. The van der Waals surface area contributed by atoms with Crippen molar-refractivity contribution < 1.29 is 17.9 Å². The lowest BCUT2D eigenvalue weighted by Crippen LogP contribution is -2.47. The maximum Gasteiger partial charge on any atom is 0.338 e. The lowest BCUT2D eigenvalue weighted by atomic mass is 9.99. The number of esters is 1. The number of nitrogens with zero attached hydrogens (tertiary/aromatic N) is 2. The van der Waals surface area contributed by atoms with Crippen molar-refractivity contribution >= 4 is 16.0 Å². The summed E-state index contributed by atoms with van der Waals surface area (Å²) in [5, 5.41) is 9.47. The highest BCUT2D eigenvalue weighted by atomic mass is 32.2. The second-order valence-electron chi connectivity index (χ2n) is 5.97. The quantitative estimate of drug-likeness (QED) is 0.768. The van der Waals surface area contributed by atoms with Crippen LogP contribution in [0.1, 0.15) is 35.7 Å². The van der Waals surface area contributed by atoms with Crippen LogP contribution in [-0.2, 0) is 14.8 Å². The topological polar surface area (TPSA) is 87.5 Å². The SMILES string of the molecule is COC(=O)c1cc(S(=O)(=O)N(C)[C@](C)(C#N)C2CC2)ccc1C. The maximum absolute atomic E-state index is 12.9. The van der Waals surface area contributed by atoms with Crippen molar-refractivity contribution in [2.75, 3.05) is 14.2 Å². The van der Waals surface area contributed by atoms with E-state index in [1.807, 2.05) is 0 Å². The number of hydrogen-bond donors (Lipinski definition) is 0. The van der Waals surface area contributed by atoms with Gasteiger partial charge in [-0.05, 0) is 50.3 Å². The van der Waals surface area contributed by atoms with E-state index in [0.29, 0.717) is 5.56 Å². The van der Waals surface area contributed by atoms with E-state index in [4.69, 9.17) is 0 Å². The molecule has 1 aliphatic carbocycles. The van der Waals surface area contributed by atoms with Gasteiger partial charge in [0.2, 0.25) is 10.0 Å². The third-order valence-electron chi connectivity index (χ3n) is 4.53. The maximum atomic E-state index is 12.9. The molecule has 7 heteroatoms. The Morgan fingerprint density at radius 1 is 1.43 bits per heavy atom. The highest BCUT2D eigenvalue weighted by Crippen LogP contribution is 2.44. The number of benzene rings is 1. The molecule has 23 heavy (non-hydrogen) atoms. The van der Waals surface area contributed by atoms with E-state index in [1.54, 1.807) is 19.9 Å². The fourth-order valence-corrected chi connectivity index (χ4v) is 4.08. The average molecular weight is 336 g/mol. The van der Waals surface area contributed by atoms with Crippen molar-refractivity contribution in [2.45, 2.75) is 37.1 Å². The standard InChI is InChI=1S/C16H20N2O4S/c1-11-5-8-13(9-14(11)15(19)22-4)23(20,21)18(3)16(2,10-17)12-6-7-12/h5,8-9,12H,6-7H2,1-4H3/t16-/m1/s1. The lowest BCUT2D eigenvalue weighted by molar-refractivity contribution is 0.0599. The zero-order valence-corrected chi connectivity index (χ0v) is 14.5. The Labute approximate surface area is 136 Å². The Balaban J connectivity index is 2.48. The first-order valence-corrected chi connectivity index (χ1v) is 8.71. The molecule has 0 amide bonds. The fourth-order valence-electron chi connectivity index (χ4n) is 2.56. The van der Waals surface area contributed by atoms with Crippen molar-refractivity contribution in [3.05, 3.63) is 29.3 Å². The highest BCUT2D eigenvalue weighted by Gasteiger charge is 2.49. The van der Waals surface area contributed by atoms with Gasteiger partial charge in [-0.2, -0.15) is 9.57 Å². The van der Waals surface area contributed by atoms with Crippen molar-refractivity contribution in [2.24, 2.45) is 5.92 Å². The molecule has 0 unspecified atom stereocenters. The fraction of sp³-hybridized carbons (Fsp3) is 0.500. The Kier molecular flexibility index (Phi) is 4.51. The molecule has 0 N–H and O–H groups in total. The molecule has 1 aromatic rings. The van der Waals surface area contributed by atoms with Crippen LogP contribution in [0, 0.1) is 24.2 Å². The predicted octanol–water partition coefficient (Wildman–Crippen LogP) is 2.09. The average Bonchev–Trinajstić information content (AvgIpc) is 3.38. The van der Waals surface area contributed by atoms with E-state index in [0.717, 1.165) is 17.1 Å². The zero-order chi connectivity index (χ0) is 17.4.